The van der Waals surface area contributed by atoms with Crippen LogP contribution in [0.4, 0.5) is 11.6 Å². The largest absolute Gasteiger partial charge is 0.449 e. The maximum atomic E-state index is 12.0. The van der Waals surface area contributed by atoms with E-state index < -0.39 is 28.8 Å². The predicted molar refractivity (Wildman–Crippen MR) is 92.7 cm³/mol. The highest BCUT2D eigenvalue weighted by molar-refractivity contribution is 9.10. The first-order valence-corrected chi connectivity index (χ1v) is 7.84. The molecular formula is C16H13BrN2O6. The molecule has 2 rings (SSSR count). The van der Waals surface area contributed by atoms with Gasteiger partial charge in [0.2, 0.25) is 0 Å². The van der Waals surface area contributed by atoms with Gasteiger partial charge in [0.05, 0.1) is 6.07 Å². The summed E-state index contributed by atoms with van der Waals surface area (Å²) in [6.45, 7) is 1.43. The summed E-state index contributed by atoms with van der Waals surface area (Å²) in [5.74, 6) is -1.58. The zero-order valence-electron chi connectivity index (χ0n) is 13.0. The second-order valence-electron chi connectivity index (χ2n) is 4.84. The van der Waals surface area contributed by atoms with Gasteiger partial charge >= 0.3 is 11.9 Å². The van der Waals surface area contributed by atoms with Gasteiger partial charge in [-0.15, -0.1) is 0 Å². The topological polar surface area (TPSA) is 112 Å². The molecule has 1 heterocycles. The van der Waals surface area contributed by atoms with E-state index in [0.717, 1.165) is 10.5 Å². The first-order chi connectivity index (χ1) is 11.8. The molecule has 0 aliphatic rings. The van der Waals surface area contributed by atoms with Crippen molar-refractivity contribution in [3.63, 3.8) is 0 Å². The number of carbonyl (C=O) groups excluding carboxylic acids is 2. The fraction of sp³-hybridized carbons (Fsp3) is 0.125. The lowest BCUT2D eigenvalue weighted by Crippen LogP contribution is -2.29. The van der Waals surface area contributed by atoms with Crippen molar-refractivity contribution < 1.29 is 23.7 Å². The van der Waals surface area contributed by atoms with Crippen LogP contribution in [0.2, 0.25) is 0 Å². The lowest BCUT2D eigenvalue weighted by Gasteiger charge is -2.12. The van der Waals surface area contributed by atoms with E-state index in [1.54, 1.807) is 24.3 Å². The molecule has 0 aliphatic heterocycles. The molecule has 1 N–H and O–H groups in total. The van der Waals surface area contributed by atoms with Gasteiger partial charge in [0.15, 0.2) is 6.10 Å². The van der Waals surface area contributed by atoms with Crippen LogP contribution in [-0.2, 0) is 14.3 Å². The lowest BCUT2D eigenvalue weighted by atomic mass is 10.3. The van der Waals surface area contributed by atoms with Gasteiger partial charge in [0, 0.05) is 16.2 Å². The summed E-state index contributed by atoms with van der Waals surface area (Å²) in [6, 6.07) is 9.42. The van der Waals surface area contributed by atoms with Crippen LogP contribution in [0.15, 0.2) is 51.4 Å². The number of ether oxygens (including phenoxy) is 1. The first kappa shape index (κ1) is 18.4. The molecule has 0 radical (unpaired) electrons. The first-order valence-electron chi connectivity index (χ1n) is 7.04. The maximum Gasteiger partial charge on any atom is 0.433 e. The fourth-order valence-electron chi connectivity index (χ4n) is 1.72. The SMILES string of the molecule is C[C@H](OC(=O)/C=C/c1ccc([N+](=O)[O-])o1)C(=O)Nc1ccc(Br)cc1. The van der Waals surface area contributed by atoms with Crippen molar-refractivity contribution in [2.24, 2.45) is 0 Å². The Kier molecular flexibility index (Phi) is 6.07. The number of nitrogens with one attached hydrogen (secondary N) is 1. The van der Waals surface area contributed by atoms with Crippen LogP contribution in [0.3, 0.4) is 0 Å². The molecule has 2 aromatic rings. The van der Waals surface area contributed by atoms with E-state index in [9.17, 15) is 19.7 Å². The third kappa shape index (κ3) is 5.57. The van der Waals surface area contributed by atoms with E-state index in [2.05, 4.69) is 21.2 Å². The number of nitro groups is 1. The van der Waals surface area contributed by atoms with Crippen LogP contribution in [0.25, 0.3) is 6.08 Å². The molecule has 0 saturated carbocycles. The molecule has 0 unspecified atom stereocenters. The second kappa shape index (κ2) is 8.25. The third-order valence-electron chi connectivity index (χ3n) is 2.95. The standard InChI is InChI=1S/C16H13BrN2O6/c1-10(16(21)18-12-4-2-11(17)3-5-12)24-15(20)9-7-13-6-8-14(25-13)19(22)23/h2-10H,1H3,(H,18,21)/b9-7+/t10-/m0/s1. The lowest BCUT2D eigenvalue weighted by molar-refractivity contribution is -0.402. The van der Waals surface area contributed by atoms with E-state index in [-0.39, 0.29) is 5.76 Å². The predicted octanol–water partition coefficient (Wildman–Crippen LogP) is 3.53. The van der Waals surface area contributed by atoms with E-state index in [1.165, 1.54) is 25.1 Å². The molecule has 1 aromatic carbocycles. The van der Waals surface area contributed by atoms with Crippen molar-refractivity contribution in [1.82, 2.24) is 0 Å². The second-order valence-corrected chi connectivity index (χ2v) is 5.76. The van der Waals surface area contributed by atoms with Crippen molar-refractivity contribution in [2.45, 2.75) is 13.0 Å². The number of hydrogen-bond donors (Lipinski definition) is 1. The Labute approximate surface area is 150 Å². The molecule has 1 amide bonds. The average molecular weight is 409 g/mol. The van der Waals surface area contributed by atoms with Crippen LogP contribution < -0.4 is 5.32 Å². The number of amides is 1. The monoisotopic (exact) mass is 408 g/mol. The fourth-order valence-corrected chi connectivity index (χ4v) is 1.99. The highest BCUT2D eigenvalue weighted by atomic mass is 79.9. The molecule has 8 nitrogen and oxygen atoms in total. The Bertz CT molecular complexity index is 812. The zero-order valence-corrected chi connectivity index (χ0v) is 14.6. The number of esters is 1. The van der Waals surface area contributed by atoms with Crippen molar-refractivity contribution in [3.05, 3.63) is 62.8 Å². The van der Waals surface area contributed by atoms with Gasteiger partial charge in [-0.3, -0.25) is 14.9 Å². The van der Waals surface area contributed by atoms with Gasteiger partial charge in [0.25, 0.3) is 5.91 Å². The van der Waals surface area contributed by atoms with Gasteiger partial charge in [-0.05, 0) is 43.3 Å². The third-order valence-corrected chi connectivity index (χ3v) is 3.48. The summed E-state index contributed by atoms with van der Waals surface area (Å²) in [5.41, 5.74) is 0.564. The van der Waals surface area contributed by atoms with Crippen LogP contribution in [0.5, 0.6) is 0 Å². The summed E-state index contributed by atoms with van der Waals surface area (Å²) < 4.78 is 10.7. The van der Waals surface area contributed by atoms with Gasteiger partial charge in [0.1, 0.15) is 10.7 Å². The van der Waals surface area contributed by atoms with Crippen molar-refractivity contribution in [1.29, 1.82) is 0 Å². The molecule has 130 valence electrons. The van der Waals surface area contributed by atoms with Gasteiger partial charge < -0.3 is 14.5 Å². The van der Waals surface area contributed by atoms with E-state index in [4.69, 9.17) is 9.15 Å². The number of hydrogen-bond acceptors (Lipinski definition) is 6. The van der Waals surface area contributed by atoms with Crippen LogP contribution in [-0.4, -0.2) is 22.9 Å². The van der Waals surface area contributed by atoms with Crippen LogP contribution in [0, 0.1) is 10.1 Å². The molecule has 25 heavy (non-hydrogen) atoms. The molecule has 1 aromatic heterocycles. The minimum atomic E-state index is -1.02. The minimum absolute atomic E-state index is 0.121. The number of halogens is 1. The summed E-state index contributed by atoms with van der Waals surface area (Å²) in [4.78, 5) is 33.5. The maximum absolute atomic E-state index is 12.0. The zero-order chi connectivity index (χ0) is 18.4. The number of anilines is 1. The van der Waals surface area contributed by atoms with Crippen LogP contribution >= 0.6 is 15.9 Å². The van der Waals surface area contributed by atoms with Crippen molar-refractivity contribution in [2.75, 3.05) is 5.32 Å². The van der Waals surface area contributed by atoms with Crippen LogP contribution in [0.1, 0.15) is 12.7 Å². The van der Waals surface area contributed by atoms with Gasteiger partial charge in [-0.1, -0.05) is 15.9 Å². The average Bonchev–Trinajstić information content (AvgIpc) is 3.04. The highest BCUT2D eigenvalue weighted by Gasteiger charge is 2.17. The summed E-state index contributed by atoms with van der Waals surface area (Å²) in [5, 5.41) is 13.1. The summed E-state index contributed by atoms with van der Waals surface area (Å²) in [6.07, 6.45) is 1.22. The minimum Gasteiger partial charge on any atom is -0.449 e. The number of furan rings is 1. The van der Waals surface area contributed by atoms with E-state index >= 15 is 0 Å². The number of carbonyl (C=O) groups is 2. The summed E-state index contributed by atoms with van der Waals surface area (Å²) >= 11 is 3.28. The molecule has 9 heteroatoms. The Morgan fingerprint density at radius 2 is 1.96 bits per heavy atom. The molecule has 0 saturated heterocycles. The van der Waals surface area contributed by atoms with Gasteiger partial charge in [-0.2, -0.15) is 0 Å². The van der Waals surface area contributed by atoms with Crippen molar-refractivity contribution >= 4 is 45.5 Å². The van der Waals surface area contributed by atoms with E-state index in [0.29, 0.717) is 5.69 Å². The quantitative estimate of drug-likeness (QED) is 0.338. The molecule has 0 bridgehead atoms. The molecule has 0 spiro atoms. The number of nitrogens with zero attached hydrogens (tertiary/aromatic N) is 1. The molecule has 0 aliphatic carbocycles. The Hall–Kier alpha value is -2.94. The Morgan fingerprint density at radius 1 is 1.28 bits per heavy atom. The van der Waals surface area contributed by atoms with E-state index in [1.807, 2.05) is 0 Å². The van der Waals surface area contributed by atoms with Crippen molar-refractivity contribution in [3.8, 4) is 0 Å². The highest BCUT2D eigenvalue weighted by Crippen LogP contribution is 2.17. The van der Waals surface area contributed by atoms with Gasteiger partial charge in [-0.25, -0.2) is 4.79 Å². The molecule has 1 atom stereocenters. The number of benzene rings is 1. The summed E-state index contributed by atoms with van der Waals surface area (Å²) in [7, 11) is 0. The Balaban J connectivity index is 1.87. The molecular weight excluding hydrogens is 396 g/mol. The normalized spacial score (nSPS) is 11.9. The number of rotatable bonds is 6. The smallest absolute Gasteiger partial charge is 0.433 e. The molecule has 0 fully saturated rings. The Morgan fingerprint density at radius 3 is 2.56 bits per heavy atom.